The molecule has 1 heterocycles. The van der Waals surface area contributed by atoms with Crippen LogP contribution in [0, 0.1) is 30.3 Å². The maximum Gasteiger partial charge on any atom is 0.207 e. The van der Waals surface area contributed by atoms with Gasteiger partial charge in [-0.25, -0.2) is 18.2 Å². The fourth-order valence-electron chi connectivity index (χ4n) is 1.94. The van der Waals surface area contributed by atoms with Gasteiger partial charge < -0.3 is 9.88 Å². The lowest BCUT2D eigenvalue weighted by atomic mass is 10.2. The van der Waals surface area contributed by atoms with Crippen LogP contribution >= 0.6 is 0 Å². The molecule has 0 aliphatic heterocycles. The second-order valence-corrected chi connectivity index (χ2v) is 5.13. The minimum Gasteiger partial charge on any atom is -0.325 e. The molecule has 0 fully saturated rings. The first-order valence-electron chi connectivity index (χ1n) is 6.32. The number of halogens is 3. The van der Waals surface area contributed by atoms with Crippen LogP contribution in [0.25, 0.3) is 0 Å². The van der Waals surface area contributed by atoms with E-state index >= 15 is 0 Å². The fraction of sp³-hybridized carbons (Fsp3) is 0.357. The highest BCUT2D eigenvalue weighted by Crippen LogP contribution is 2.22. The van der Waals surface area contributed by atoms with Gasteiger partial charge in [-0.05, 0) is 12.8 Å². The molecule has 1 aromatic carbocycles. The molecule has 0 radical (unpaired) electrons. The van der Waals surface area contributed by atoms with Gasteiger partial charge >= 0.3 is 0 Å². The van der Waals surface area contributed by atoms with Gasteiger partial charge in [0.25, 0.3) is 0 Å². The van der Waals surface area contributed by atoms with E-state index in [1.165, 1.54) is 0 Å². The highest BCUT2D eigenvalue weighted by atomic mass is 19.2. The summed E-state index contributed by atoms with van der Waals surface area (Å²) >= 11 is 0. The van der Waals surface area contributed by atoms with E-state index in [0.29, 0.717) is 11.9 Å². The molecule has 20 heavy (non-hydrogen) atoms. The molecule has 0 bridgehead atoms. The summed E-state index contributed by atoms with van der Waals surface area (Å²) in [4.78, 5) is 4.25. The lowest BCUT2D eigenvalue weighted by molar-refractivity contribution is 0.448. The monoisotopic (exact) mass is 283 g/mol. The quantitative estimate of drug-likeness (QED) is 0.859. The number of anilines is 2. The van der Waals surface area contributed by atoms with E-state index in [2.05, 4.69) is 24.1 Å². The third-order valence-corrected chi connectivity index (χ3v) is 2.70. The standard InChI is InChI=1S/C14H16F3N3/c1-8(2)6-20-7-9(3)18-14(20)19-10-4-11(15)13(17)12(16)5-10/h4-5,7-8H,6H2,1-3H3,(H,18,19). The molecule has 6 heteroatoms. The van der Waals surface area contributed by atoms with Gasteiger partial charge in [0.2, 0.25) is 5.95 Å². The average Bonchev–Trinajstić information content (AvgIpc) is 2.65. The van der Waals surface area contributed by atoms with Crippen LogP contribution in [0.5, 0.6) is 0 Å². The largest absolute Gasteiger partial charge is 0.325 e. The van der Waals surface area contributed by atoms with Crippen molar-refractivity contribution in [2.45, 2.75) is 27.3 Å². The van der Waals surface area contributed by atoms with Gasteiger partial charge in [-0.15, -0.1) is 0 Å². The summed E-state index contributed by atoms with van der Waals surface area (Å²) in [6.45, 7) is 6.65. The van der Waals surface area contributed by atoms with Gasteiger partial charge in [0.05, 0.1) is 5.69 Å². The highest BCUT2D eigenvalue weighted by molar-refractivity contribution is 5.54. The number of nitrogens with one attached hydrogen (secondary N) is 1. The lowest BCUT2D eigenvalue weighted by Crippen LogP contribution is -2.08. The van der Waals surface area contributed by atoms with Crippen molar-refractivity contribution in [3.63, 3.8) is 0 Å². The molecule has 1 aromatic heterocycles. The summed E-state index contributed by atoms with van der Waals surface area (Å²) in [6.07, 6.45) is 1.85. The molecule has 0 unspecified atom stereocenters. The van der Waals surface area contributed by atoms with Crippen molar-refractivity contribution in [1.82, 2.24) is 9.55 Å². The fourth-order valence-corrected chi connectivity index (χ4v) is 1.94. The van der Waals surface area contributed by atoms with Crippen molar-refractivity contribution < 1.29 is 13.2 Å². The Morgan fingerprint density at radius 3 is 2.35 bits per heavy atom. The van der Waals surface area contributed by atoms with Crippen molar-refractivity contribution in [3.05, 3.63) is 41.5 Å². The Morgan fingerprint density at radius 1 is 1.20 bits per heavy atom. The zero-order valence-electron chi connectivity index (χ0n) is 11.5. The second-order valence-electron chi connectivity index (χ2n) is 5.13. The number of aryl methyl sites for hydroxylation is 1. The van der Waals surface area contributed by atoms with Crippen molar-refractivity contribution in [1.29, 1.82) is 0 Å². The molecule has 108 valence electrons. The molecule has 1 N–H and O–H groups in total. The molecular weight excluding hydrogens is 267 g/mol. The average molecular weight is 283 g/mol. The maximum absolute atomic E-state index is 13.2. The first-order valence-corrected chi connectivity index (χ1v) is 6.32. The minimum absolute atomic E-state index is 0.122. The Kier molecular flexibility index (Phi) is 4.01. The van der Waals surface area contributed by atoms with E-state index in [1.807, 2.05) is 17.7 Å². The normalized spacial score (nSPS) is 11.2. The molecule has 2 aromatic rings. The van der Waals surface area contributed by atoms with Crippen molar-refractivity contribution >= 4 is 11.6 Å². The highest BCUT2D eigenvalue weighted by Gasteiger charge is 2.13. The van der Waals surface area contributed by atoms with Crippen LogP contribution < -0.4 is 5.32 Å². The van der Waals surface area contributed by atoms with E-state index in [9.17, 15) is 13.2 Å². The van der Waals surface area contributed by atoms with Crippen molar-refractivity contribution in [2.24, 2.45) is 5.92 Å². The molecule has 0 aliphatic rings. The lowest BCUT2D eigenvalue weighted by Gasteiger charge is -2.12. The third kappa shape index (κ3) is 3.12. The number of aromatic nitrogens is 2. The van der Waals surface area contributed by atoms with Gasteiger partial charge in [0.15, 0.2) is 17.5 Å². The molecule has 0 saturated carbocycles. The van der Waals surface area contributed by atoms with Crippen LogP contribution in [0.2, 0.25) is 0 Å². The van der Waals surface area contributed by atoms with Crippen LogP contribution in [-0.4, -0.2) is 9.55 Å². The summed E-state index contributed by atoms with van der Waals surface area (Å²) in [5.74, 6) is -3.07. The third-order valence-electron chi connectivity index (χ3n) is 2.70. The second kappa shape index (κ2) is 5.56. The number of benzene rings is 1. The van der Waals surface area contributed by atoms with E-state index in [4.69, 9.17) is 0 Å². The summed E-state index contributed by atoms with van der Waals surface area (Å²) in [5, 5.41) is 2.81. The molecule has 0 spiro atoms. The SMILES string of the molecule is Cc1cn(CC(C)C)c(Nc2cc(F)c(F)c(F)c2)n1. The van der Waals surface area contributed by atoms with Gasteiger partial charge in [-0.2, -0.15) is 0 Å². The topological polar surface area (TPSA) is 29.9 Å². The van der Waals surface area contributed by atoms with Gasteiger partial charge in [-0.3, -0.25) is 0 Å². The van der Waals surface area contributed by atoms with Gasteiger partial charge in [0.1, 0.15) is 0 Å². The number of nitrogens with zero attached hydrogens (tertiary/aromatic N) is 2. The van der Waals surface area contributed by atoms with E-state index in [1.54, 1.807) is 0 Å². The van der Waals surface area contributed by atoms with Crippen molar-refractivity contribution in [2.75, 3.05) is 5.32 Å². The van der Waals surface area contributed by atoms with Crippen LogP contribution in [-0.2, 0) is 6.54 Å². The summed E-state index contributed by atoms with van der Waals surface area (Å²) < 4.78 is 41.1. The zero-order chi connectivity index (χ0) is 14.9. The van der Waals surface area contributed by atoms with Crippen LogP contribution in [0.4, 0.5) is 24.8 Å². The number of hydrogen-bond donors (Lipinski definition) is 1. The molecular formula is C14H16F3N3. The predicted molar refractivity (Wildman–Crippen MR) is 71.4 cm³/mol. The van der Waals surface area contributed by atoms with Crippen molar-refractivity contribution in [3.8, 4) is 0 Å². The number of rotatable bonds is 4. The molecule has 3 nitrogen and oxygen atoms in total. The summed E-state index contributed by atoms with van der Waals surface area (Å²) in [5.41, 5.74) is 0.910. The summed E-state index contributed by atoms with van der Waals surface area (Å²) in [7, 11) is 0. The smallest absolute Gasteiger partial charge is 0.207 e. The Morgan fingerprint density at radius 2 is 1.80 bits per heavy atom. The van der Waals surface area contributed by atoms with E-state index in [-0.39, 0.29) is 5.69 Å². The Hall–Kier alpha value is -1.98. The van der Waals surface area contributed by atoms with Gasteiger partial charge in [0, 0.05) is 30.6 Å². The Labute approximate surface area is 115 Å². The predicted octanol–water partition coefficient (Wildman–Crippen LogP) is 4.01. The number of hydrogen-bond acceptors (Lipinski definition) is 2. The Balaban J connectivity index is 2.30. The molecule has 0 aliphatic carbocycles. The van der Waals surface area contributed by atoms with Crippen LogP contribution in [0.3, 0.4) is 0 Å². The molecule has 0 amide bonds. The minimum atomic E-state index is -1.47. The Bertz CT molecular complexity index is 597. The van der Waals surface area contributed by atoms with Crippen LogP contribution in [0.1, 0.15) is 19.5 Å². The first kappa shape index (κ1) is 14.4. The zero-order valence-corrected chi connectivity index (χ0v) is 11.5. The first-order chi connectivity index (χ1) is 9.36. The number of imidazole rings is 1. The molecule has 2 rings (SSSR count). The summed E-state index contributed by atoms with van der Waals surface area (Å²) in [6, 6.07) is 1.81. The van der Waals surface area contributed by atoms with E-state index in [0.717, 1.165) is 24.4 Å². The molecule has 0 saturated heterocycles. The van der Waals surface area contributed by atoms with E-state index < -0.39 is 17.5 Å². The maximum atomic E-state index is 13.2. The van der Waals surface area contributed by atoms with Crippen LogP contribution in [0.15, 0.2) is 18.3 Å². The molecule has 0 atom stereocenters. The van der Waals surface area contributed by atoms with Gasteiger partial charge in [-0.1, -0.05) is 13.8 Å².